The van der Waals surface area contributed by atoms with Crippen molar-refractivity contribution in [3.63, 3.8) is 0 Å². The van der Waals surface area contributed by atoms with E-state index >= 15 is 0 Å². The Kier molecular flexibility index (Phi) is 5.96. The molecular formula is C19H22N2O7S. The molecule has 2 N–H and O–H groups in total. The summed E-state index contributed by atoms with van der Waals surface area (Å²) in [6, 6.07) is 6.71. The summed E-state index contributed by atoms with van der Waals surface area (Å²) in [6.45, 7) is 2.86. The van der Waals surface area contributed by atoms with Crippen molar-refractivity contribution >= 4 is 21.0 Å². The Morgan fingerprint density at radius 2 is 1.79 bits per heavy atom. The summed E-state index contributed by atoms with van der Waals surface area (Å²) >= 11 is 0. The minimum atomic E-state index is -4.14. The van der Waals surface area contributed by atoms with Gasteiger partial charge in [0.15, 0.2) is 16.2 Å². The van der Waals surface area contributed by atoms with Gasteiger partial charge in [0.25, 0.3) is 0 Å². The molecule has 0 saturated carbocycles. The fraction of sp³-hybridized carbons (Fsp3) is 0.316. The largest absolute Gasteiger partial charge is 0.496 e. The van der Waals surface area contributed by atoms with Crippen LogP contribution in [0.5, 0.6) is 17.2 Å². The molecule has 0 aliphatic heterocycles. The van der Waals surface area contributed by atoms with Crippen LogP contribution in [0, 0.1) is 0 Å². The molecule has 1 aromatic heterocycles. The van der Waals surface area contributed by atoms with Crippen LogP contribution in [-0.2, 0) is 21.4 Å². The number of fused-ring (bicyclic) bond motifs is 1. The van der Waals surface area contributed by atoms with Gasteiger partial charge in [0.2, 0.25) is 10.0 Å². The van der Waals surface area contributed by atoms with Crippen LogP contribution in [0.1, 0.15) is 12.5 Å². The van der Waals surface area contributed by atoms with Crippen LogP contribution in [0.15, 0.2) is 33.7 Å². The molecule has 3 rings (SSSR count). The van der Waals surface area contributed by atoms with E-state index in [1.807, 2.05) is 13.0 Å². The molecule has 0 spiro atoms. The van der Waals surface area contributed by atoms with Gasteiger partial charge in [-0.25, -0.2) is 13.6 Å². The third-order valence-electron chi connectivity index (χ3n) is 4.33. The Balaban J connectivity index is 2.29. The van der Waals surface area contributed by atoms with Crippen LogP contribution in [0.3, 0.4) is 0 Å². The van der Waals surface area contributed by atoms with Gasteiger partial charge in [0.1, 0.15) is 17.2 Å². The number of nitrogens with two attached hydrogens (primary N) is 1. The fourth-order valence-corrected chi connectivity index (χ4v) is 3.99. The minimum Gasteiger partial charge on any atom is -0.496 e. The number of sulfonamides is 1. The van der Waals surface area contributed by atoms with Crippen molar-refractivity contribution in [3.05, 3.63) is 29.8 Å². The summed E-state index contributed by atoms with van der Waals surface area (Å²) in [6.07, 6.45) is 0. The summed E-state index contributed by atoms with van der Waals surface area (Å²) in [5, 5.41) is 10.1. The van der Waals surface area contributed by atoms with Gasteiger partial charge in [-0.1, -0.05) is 5.16 Å². The van der Waals surface area contributed by atoms with E-state index in [-0.39, 0.29) is 16.4 Å². The molecule has 0 radical (unpaired) electrons. The fourth-order valence-electron chi connectivity index (χ4n) is 3.10. The molecule has 156 valence electrons. The molecule has 0 amide bonds. The van der Waals surface area contributed by atoms with Gasteiger partial charge in [-0.05, 0) is 36.8 Å². The molecule has 1 heterocycles. The predicted molar refractivity (Wildman–Crippen MR) is 106 cm³/mol. The predicted octanol–water partition coefficient (Wildman–Crippen LogP) is 2.70. The number of benzene rings is 2. The van der Waals surface area contributed by atoms with Crippen LogP contribution >= 0.6 is 0 Å². The third-order valence-corrected chi connectivity index (χ3v) is 5.29. The second-order valence-electron chi connectivity index (χ2n) is 6.06. The highest BCUT2D eigenvalue weighted by Gasteiger charge is 2.28. The summed E-state index contributed by atoms with van der Waals surface area (Å²) in [5.74, 6) is 0.567. The Morgan fingerprint density at radius 1 is 1.07 bits per heavy atom. The average Bonchev–Trinajstić information content (AvgIpc) is 3.13. The number of ether oxygens (including phenoxy) is 4. The molecule has 0 unspecified atom stereocenters. The summed E-state index contributed by atoms with van der Waals surface area (Å²) in [7, 11) is 0.0655. The second kappa shape index (κ2) is 8.27. The van der Waals surface area contributed by atoms with Crippen molar-refractivity contribution < 1.29 is 31.9 Å². The van der Waals surface area contributed by atoms with Gasteiger partial charge in [-0.15, -0.1) is 0 Å². The van der Waals surface area contributed by atoms with Gasteiger partial charge in [-0.2, -0.15) is 0 Å². The van der Waals surface area contributed by atoms with Gasteiger partial charge in [0.05, 0.1) is 33.3 Å². The molecule has 3 aromatic rings. The van der Waals surface area contributed by atoms with Crippen molar-refractivity contribution in [2.45, 2.75) is 18.4 Å². The Labute approximate surface area is 168 Å². The topological polar surface area (TPSA) is 123 Å². The van der Waals surface area contributed by atoms with Gasteiger partial charge < -0.3 is 23.5 Å². The van der Waals surface area contributed by atoms with Crippen LogP contribution < -0.4 is 19.3 Å². The van der Waals surface area contributed by atoms with Crippen molar-refractivity contribution in [3.8, 4) is 28.5 Å². The lowest BCUT2D eigenvalue weighted by atomic mass is 10.0. The van der Waals surface area contributed by atoms with E-state index in [0.29, 0.717) is 41.2 Å². The molecular weight excluding hydrogens is 400 g/mol. The van der Waals surface area contributed by atoms with Crippen molar-refractivity contribution in [1.82, 2.24) is 5.16 Å². The quantitative estimate of drug-likeness (QED) is 0.588. The summed E-state index contributed by atoms with van der Waals surface area (Å²) in [4.78, 5) is -0.275. The third kappa shape index (κ3) is 3.86. The first-order valence-corrected chi connectivity index (χ1v) is 10.2. The lowest BCUT2D eigenvalue weighted by molar-refractivity contribution is 0.134. The van der Waals surface area contributed by atoms with Gasteiger partial charge >= 0.3 is 0 Å². The Morgan fingerprint density at radius 3 is 2.38 bits per heavy atom. The molecule has 10 heteroatoms. The normalized spacial score (nSPS) is 11.6. The van der Waals surface area contributed by atoms with Crippen molar-refractivity contribution in [1.29, 1.82) is 0 Å². The van der Waals surface area contributed by atoms with Crippen LogP contribution in [0.4, 0.5) is 0 Å². The van der Waals surface area contributed by atoms with E-state index in [2.05, 4.69) is 5.16 Å². The minimum absolute atomic E-state index is 0.00231. The number of primary sulfonamides is 1. The van der Waals surface area contributed by atoms with Crippen molar-refractivity contribution in [2.24, 2.45) is 5.14 Å². The molecule has 29 heavy (non-hydrogen) atoms. The lowest BCUT2D eigenvalue weighted by Gasteiger charge is -2.15. The standard InChI is InChI=1S/C19H22N2O7S/c1-5-27-10-11-8-14(25-3)16-15(9-11)28-21-17(16)12-6-7-13(24-2)19(18(12)26-4)29(20,22)23/h6-9H,5,10H2,1-4H3,(H2,20,22,23). The Hall–Kier alpha value is -2.82. The molecule has 9 nitrogen and oxygen atoms in total. The number of hydrogen-bond acceptors (Lipinski definition) is 8. The number of nitrogens with zero attached hydrogens (tertiary/aromatic N) is 1. The van der Waals surface area contributed by atoms with Crippen LogP contribution in [-0.4, -0.2) is 41.5 Å². The summed E-state index contributed by atoms with van der Waals surface area (Å²) < 4.78 is 51.4. The first-order valence-electron chi connectivity index (χ1n) is 8.67. The number of methoxy groups -OCH3 is 3. The number of aromatic nitrogens is 1. The molecule has 0 fully saturated rings. The van der Waals surface area contributed by atoms with E-state index in [0.717, 1.165) is 5.56 Å². The van der Waals surface area contributed by atoms with Gasteiger partial charge in [0, 0.05) is 12.2 Å². The highest BCUT2D eigenvalue weighted by Crippen LogP contribution is 2.44. The zero-order valence-electron chi connectivity index (χ0n) is 16.5. The smallest absolute Gasteiger partial charge is 0.245 e. The molecule has 2 aromatic carbocycles. The van der Waals surface area contributed by atoms with Gasteiger partial charge in [-0.3, -0.25) is 0 Å². The number of rotatable bonds is 8. The number of hydrogen-bond donors (Lipinski definition) is 1. The van der Waals surface area contributed by atoms with E-state index in [9.17, 15) is 8.42 Å². The van der Waals surface area contributed by atoms with Crippen LogP contribution in [0.25, 0.3) is 22.2 Å². The van der Waals surface area contributed by atoms with Crippen molar-refractivity contribution in [2.75, 3.05) is 27.9 Å². The maximum atomic E-state index is 12.2. The zero-order valence-corrected chi connectivity index (χ0v) is 17.3. The lowest BCUT2D eigenvalue weighted by Crippen LogP contribution is -2.15. The van der Waals surface area contributed by atoms with E-state index in [1.54, 1.807) is 12.1 Å². The maximum Gasteiger partial charge on any atom is 0.245 e. The molecule has 0 aliphatic carbocycles. The van der Waals surface area contributed by atoms with E-state index in [4.69, 9.17) is 28.6 Å². The first kappa shape index (κ1) is 20.9. The van der Waals surface area contributed by atoms with E-state index < -0.39 is 10.0 Å². The van der Waals surface area contributed by atoms with Crippen LogP contribution in [0.2, 0.25) is 0 Å². The zero-order chi connectivity index (χ0) is 21.2. The molecule has 0 saturated heterocycles. The maximum absolute atomic E-state index is 12.2. The molecule has 0 bridgehead atoms. The monoisotopic (exact) mass is 422 g/mol. The highest BCUT2D eigenvalue weighted by atomic mass is 32.2. The Bertz CT molecular complexity index is 1140. The second-order valence-corrected chi connectivity index (χ2v) is 7.56. The highest BCUT2D eigenvalue weighted by molar-refractivity contribution is 7.89. The molecule has 0 aliphatic rings. The average molecular weight is 422 g/mol. The van der Waals surface area contributed by atoms with E-state index in [1.165, 1.54) is 27.4 Å². The molecule has 0 atom stereocenters. The SMILES string of the molecule is CCOCc1cc(OC)c2c(-c3ccc(OC)c(S(N)(=O)=O)c3OC)noc2c1. The first-order chi connectivity index (χ1) is 13.8. The summed E-state index contributed by atoms with van der Waals surface area (Å²) in [5.41, 5.74) is 2.03.